The molecular formula is C54H93NO19P2S. The number of unbranched alkanes of at least 4 members (excludes halogenated alkanes) is 15. The van der Waals surface area contributed by atoms with Gasteiger partial charge in [0, 0.05) is 23.8 Å². The molecule has 444 valence electrons. The molecule has 0 aromatic carbocycles. The average Bonchev–Trinajstić information content (AvgIpc) is 3.38. The van der Waals surface area contributed by atoms with Gasteiger partial charge in [0.05, 0.1) is 12.7 Å². The van der Waals surface area contributed by atoms with Gasteiger partial charge in [0.25, 0.3) is 0 Å². The molecule has 0 amide bonds. The van der Waals surface area contributed by atoms with Crippen molar-refractivity contribution in [3.8, 4) is 0 Å². The van der Waals surface area contributed by atoms with Crippen LogP contribution in [0.25, 0.3) is 0 Å². The molecule has 77 heavy (non-hydrogen) atoms. The Balaban J connectivity index is 2.93. The summed E-state index contributed by atoms with van der Waals surface area (Å²) in [6.07, 6.45) is 28.5. The standard InChI is InChI=1S/C54H93NO19P2S/c1-3-5-7-9-11-13-15-17-18-19-20-21-22-23-25-27-29-31-33-38-47(59)72-42(40-71-76(68,69)74-53-51(63)49(61)48(60)50(62)52(53)73-75(65,66)67)39-70-54(64)43(55)41-77-45(44(56)35-34-37-46(57)58)36-32-30-28-26-24-16-14-12-10-8-6-4-2/h11-14,17-18,24,26,28,30,32,36,42-45,48-53,56,60-63H,3-10,15-16,19-23,25,27,29,31,33-35,37-41,55H2,1-2H3,(H,57,58)(H,68,69)(H2,65,66,67)/b13-11-,14-12-,18-17-,26-24-,30-28+,36-32+/t42-,43+,44+,45-,48+,49+,50-,51-,52-,53+/m1/s1. The summed E-state index contributed by atoms with van der Waals surface area (Å²) in [5.41, 5.74) is 6.19. The Bertz CT molecular complexity index is 1880. The first-order valence-corrected chi connectivity index (χ1v) is 31.5. The summed E-state index contributed by atoms with van der Waals surface area (Å²) in [5, 5.41) is 60.7. The molecule has 1 unspecified atom stereocenters. The SMILES string of the molecule is CCCCC/C=C\C\C=C/C=C/C=C/[C@@H](SC[C@H](N)C(=O)OC[C@H](COP(=O)(O)O[C@H]1[C@H](O)[C@@H](O)[C@H](O)[C@@H](O)[C@H]1OP(=O)(O)O)OC(=O)CCCCCCCCCCC/C=C\C/C=C\CCCCC)[C@@H](O)CCCC(=O)O. The molecule has 1 aliphatic carbocycles. The van der Waals surface area contributed by atoms with Gasteiger partial charge in [-0.25, -0.2) is 9.13 Å². The molecule has 1 fully saturated rings. The van der Waals surface area contributed by atoms with E-state index >= 15 is 0 Å². The second-order valence-corrected chi connectivity index (χ2v) is 23.0. The first-order valence-electron chi connectivity index (χ1n) is 27.4. The van der Waals surface area contributed by atoms with Crippen LogP contribution in [-0.4, -0.2) is 142 Å². The fourth-order valence-electron chi connectivity index (χ4n) is 7.85. The molecule has 0 aromatic rings. The summed E-state index contributed by atoms with van der Waals surface area (Å²) in [4.78, 5) is 66.8. The Morgan fingerprint density at radius 1 is 0.610 bits per heavy atom. The van der Waals surface area contributed by atoms with Crippen LogP contribution in [0.15, 0.2) is 72.9 Å². The van der Waals surface area contributed by atoms with E-state index in [4.69, 9.17) is 29.4 Å². The third kappa shape index (κ3) is 36.9. The molecule has 1 rings (SSSR count). The van der Waals surface area contributed by atoms with Gasteiger partial charge in [0.1, 0.15) is 49.3 Å². The van der Waals surface area contributed by atoms with Gasteiger partial charge in [0.15, 0.2) is 6.10 Å². The number of carboxylic acids is 1. The first-order chi connectivity index (χ1) is 36.7. The lowest BCUT2D eigenvalue weighted by Gasteiger charge is -2.43. The van der Waals surface area contributed by atoms with Crippen molar-refractivity contribution in [3.63, 3.8) is 0 Å². The maximum absolute atomic E-state index is 13.2. The Hall–Kier alpha value is -2.82. The van der Waals surface area contributed by atoms with E-state index in [1.807, 2.05) is 18.2 Å². The van der Waals surface area contributed by atoms with Crippen molar-refractivity contribution in [2.75, 3.05) is 19.0 Å². The molecule has 0 heterocycles. The van der Waals surface area contributed by atoms with E-state index in [2.05, 4.69) is 54.8 Å². The van der Waals surface area contributed by atoms with Crippen LogP contribution in [0.2, 0.25) is 0 Å². The molecular weight excluding hydrogens is 1060 g/mol. The Morgan fingerprint density at radius 3 is 1.66 bits per heavy atom. The third-order valence-electron chi connectivity index (χ3n) is 12.2. The smallest absolute Gasteiger partial charge is 0.472 e. The molecule has 0 radical (unpaired) electrons. The Labute approximate surface area is 461 Å². The highest BCUT2D eigenvalue weighted by Gasteiger charge is 2.54. The lowest BCUT2D eigenvalue weighted by molar-refractivity contribution is -0.216. The minimum atomic E-state index is -5.51. The number of carbonyl (C=O) groups is 3. The molecule has 0 saturated heterocycles. The lowest BCUT2D eigenvalue weighted by Crippen LogP contribution is -2.64. The second kappa shape index (κ2) is 43.9. The number of thioether (sulfide) groups is 1. The zero-order chi connectivity index (χ0) is 57.3. The fraction of sp³-hybridized carbons (Fsp3) is 0.722. The van der Waals surface area contributed by atoms with Crippen LogP contribution in [0, 0.1) is 0 Å². The molecule has 1 saturated carbocycles. The summed E-state index contributed by atoms with van der Waals surface area (Å²) in [6.45, 7) is 2.60. The highest BCUT2D eigenvalue weighted by molar-refractivity contribution is 8.00. The summed E-state index contributed by atoms with van der Waals surface area (Å²) in [7, 11) is -11.0. The lowest BCUT2D eigenvalue weighted by atomic mass is 9.85. The largest absolute Gasteiger partial charge is 0.481 e. The van der Waals surface area contributed by atoms with E-state index in [0.717, 1.165) is 95.2 Å². The number of ether oxygens (including phenoxy) is 2. The van der Waals surface area contributed by atoms with E-state index in [9.17, 15) is 63.7 Å². The van der Waals surface area contributed by atoms with Crippen molar-refractivity contribution >= 4 is 45.3 Å². The van der Waals surface area contributed by atoms with Crippen molar-refractivity contribution in [3.05, 3.63) is 72.9 Å². The predicted molar refractivity (Wildman–Crippen MR) is 297 cm³/mol. The number of rotatable bonds is 46. The minimum Gasteiger partial charge on any atom is -0.481 e. The number of phosphoric acid groups is 2. The molecule has 11 N–H and O–H groups in total. The maximum atomic E-state index is 13.2. The predicted octanol–water partition coefficient (Wildman–Crippen LogP) is 8.49. The van der Waals surface area contributed by atoms with E-state index in [1.165, 1.54) is 32.1 Å². The Kier molecular flexibility index (Phi) is 41.2. The van der Waals surface area contributed by atoms with Gasteiger partial charge in [0.2, 0.25) is 0 Å². The summed E-state index contributed by atoms with van der Waals surface area (Å²) < 4.78 is 50.1. The van der Waals surface area contributed by atoms with Crippen molar-refractivity contribution in [1.82, 2.24) is 0 Å². The highest BCUT2D eigenvalue weighted by atomic mass is 32.2. The van der Waals surface area contributed by atoms with Gasteiger partial charge in [-0.15, -0.1) is 11.8 Å². The number of esters is 2. The molecule has 0 aliphatic heterocycles. The molecule has 23 heteroatoms. The number of carboxylic acid groups (broad SMARTS) is 1. The summed E-state index contributed by atoms with van der Waals surface area (Å²) in [5.74, 6) is -2.88. The third-order valence-corrected chi connectivity index (χ3v) is 15.2. The topological polar surface area (TPSA) is 340 Å². The monoisotopic (exact) mass is 1150 g/mol. The number of aliphatic hydroxyl groups is 5. The van der Waals surface area contributed by atoms with Gasteiger partial charge in [-0.1, -0.05) is 157 Å². The van der Waals surface area contributed by atoms with E-state index in [1.54, 1.807) is 18.2 Å². The number of phosphoric ester groups is 2. The number of carbonyl (C=O) groups excluding carboxylic acids is 2. The van der Waals surface area contributed by atoms with Gasteiger partial charge in [-0.05, 0) is 70.6 Å². The highest BCUT2D eigenvalue weighted by Crippen LogP contribution is 2.50. The summed E-state index contributed by atoms with van der Waals surface area (Å²) in [6, 6.07) is -1.31. The quantitative estimate of drug-likeness (QED) is 0.00897. The number of nitrogens with two attached hydrogens (primary N) is 1. The van der Waals surface area contributed by atoms with Crippen LogP contribution < -0.4 is 5.73 Å². The van der Waals surface area contributed by atoms with Gasteiger partial charge in [-0.2, -0.15) is 0 Å². The van der Waals surface area contributed by atoms with E-state index in [0.29, 0.717) is 12.8 Å². The average molecular weight is 1150 g/mol. The van der Waals surface area contributed by atoms with Crippen LogP contribution in [0.4, 0.5) is 0 Å². The first kappa shape index (κ1) is 72.2. The molecule has 0 spiro atoms. The van der Waals surface area contributed by atoms with Crippen molar-refractivity contribution in [2.24, 2.45) is 5.73 Å². The van der Waals surface area contributed by atoms with E-state index in [-0.39, 0.29) is 31.4 Å². The number of hydrogen-bond acceptors (Lipinski definition) is 17. The van der Waals surface area contributed by atoms with E-state index < -0.39 is 107 Å². The van der Waals surface area contributed by atoms with Crippen molar-refractivity contribution < 1.29 is 91.9 Å². The van der Waals surface area contributed by atoms with Crippen LogP contribution in [-0.2, 0) is 46.6 Å². The summed E-state index contributed by atoms with van der Waals surface area (Å²) >= 11 is 1.11. The molecule has 11 atom stereocenters. The van der Waals surface area contributed by atoms with Crippen LogP contribution >= 0.6 is 27.4 Å². The number of aliphatic carboxylic acids is 1. The molecule has 0 bridgehead atoms. The zero-order valence-corrected chi connectivity index (χ0v) is 47.9. The minimum absolute atomic E-state index is 0.0739. The molecule has 20 nitrogen and oxygen atoms in total. The normalized spacial score (nSPS) is 21.9. The van der Waals surface area contributed by atoms with Crippen LogP contribution in [0.5, 0.6) is 0 Å². The molecule has 1 aliphatic rings. The van der Waals surface area contributed by atoms with Crippen molar-refractivity contribution in [1.29, 1.82) is 0 Å². The number of aliphatic hydroxyl groups excluding tert-OH is 5. The second-order valence-electron chi connectivity index (χ2n) is 19.2. The van der Waals surface area contributed by atoms with Crippen LogP contribution in [0.3, 0.4) is 0 Å². The molecule has 0 aromatic heterocycles. The van der Waals surface area contributed by atoms with Crippen molar-refractivity contribution in [2.45, 2.75) is 228 Å². The fourth-order valence-corrected chi connectivity index (χ4v) is 10.5. The van der Waals surface area contributed by atoms with Gasteiger partial charge >= 0.3 is 33.6 Å². The zero-order valence-electron chi connectivity index (χ0n) is 45.3. The maximum Gasteiger partial charge on any atom is 0.472 e. The van der Waals surface area contributed by atoms with Gasteiger partial charge in [-0.3, -0.25) is 28.0 Å². The van der Waals surface area contributed by atoms with Crippen LogP contribution in [0.1, 0.15) is 168 Å². The van der Waals surface area contributed by atoms with Gasteiger partial charge < -0.3 is 60.5 Å². The number of hydrogen-bond donors (Lipinski definition) is 10. The Morgan fingerprint density at radius 2 is 1.12 bits per heavy atom. The number of allylic oxidation sites excluding steroid dienone is 11.